The average molecular weight is 349 g/mol. The quantitative estimate of drug-likeness (QED) is 0.604. The van der Waals surface area contributed by atoms with Crippen molar-refractivity contribution in [3.63, 3.8) is 0 Å². The molecule has 1 saturated heterocycles. The third-order valence-electron chi connectivity index (χ3n) is 3.93. The summed E-state index contributed by atoms with van der Waals surface area (Å²) < 4.78 is 6.18. The Balaban J connectivity index is 1.47. The van der Waals surface area contributed by atoms with Crippen molar-refractivity contribution in [1.82, 2.24) is 34.3 Å². The lowest BCUT2D eigenvalue weighted by molar-refractivity contribution is 0.371. The van der Waals surface area contributed by atoms with Crippen molar-refractivity contribution in [2.24, 2.45) is 4.99 Å². The molecule has 3 rings (SSSR count). The number of aromatic nitrogens is 5. The SMILES string of the molecule is CCc1nsc(N2CCN(C(=NC)NCCn3cncn3)CC2)n1. The van der Waals surface area contributed by atoms with Crippen LogP contribution in [0.2, 0.25) is 0 Å². The first-order valence-electron chi connectivity index (χ1n) is 8.15. The van der Waals surface area contributed by atoms with Gasteiger partial charge in [-0.1, -0.05) is 6.92 Å². The summed E-state index contributed by atoms with van der Waals surface area (Å²) in [6.07, 6.45) is 4.15. The summed E-state index contributed by atoms with van der Waals surface area (Å²) in [4.78, 5) is 17.5. The number of hydrogen-bond acceptors (Lipinski definition) is 7. The third kappa shape index (κ3) is 3.99. The smallest absolute Gasteiger partial charge is 0.205 e. The molecule has 24 heavy (non-hydrogen) atoms. The first kappa shape index (κ1) is 16.6. The van der Waals surface area contributed by atoms with Crippen molar-refractivity contribution in [3.8, 4) is 0 Å². The van der Waals surface area contributed by atoms with E-state index in [-0.39, 0.29) is 0 Å². The molecule has 1 N–H and O–H groups in total. The normalized spacial score (nSPS) is 15.8. The lowest BCUT2D eigenvalue weighted by atomic mass is 10.3. The number of nitrogens with one attached hydrogen (secondary N) is 1. The van der Waals surface area contributed by atoms with Crippen LogP contribution in [0.15, 0.2) is 17.6 Å². The van der Waals surface area contributed by atoms with E-state index in [1.165, 1.54) is 11.5 Å². The largest absolute Gasteiger partial charge is 0.354 e. The minimum absolute atomic E-state index is 0.767. The van der Waals surface area contributed by atoms with Crippen LogP contribution in [0.5, 0.6) is 0 Å². The predicted octanol–water partition coefficient (Wildman–Crippen LogP) is 0.0896. The van der Waals surface area contributed by atoms with E-state index in [9.17, 15) is 0 Å². The topological polar surface area (TPSA) is 87.4 Å². The molecule has 0 saturated carbocycles. The predicted molar refractivity (Wildman–Crippen MR) is 94.5 cm³/mol. The Hall–Kier alpha value is -2.23. The van der Waals surface area contributed by atoms with E-state index < -0.39 is 0 Å². The summed E-state index contributed by atoms with van der Waals surface area (Å²) in [5.41, 5.74) is 0. The highest BCUT2D eigenvalue weighted by molar-refractivity contribution is 7.09. The first-order valence-corrected chi connectivity index (χ1v) is 8.93. The summed E-state index contributed by atoms with van der Waals surface area (Å²) in [5.74, 6) is 1.87. The molecule has 1 fully saturated rings. The van der Waals surface area contributed by atoms with Gasteiger partial charge in [0.1, 0.15) is 18.5 Å². The summed E-state index contributed by atoms with van der Waals surface area (Å²) in [6.45, 7) is 7.33. The van der Waals surface area contributed by atoms with Crippen molar-refractivity contribution in [2.75, 3.05) is 44.7 Å². The van der Waals surface area contributed by atoms with Gasteiger partial charge < -0.3 is 15.1 Å². The van der Waals surface area contributed by atoms with Gasteiger partial charge in [-0.15, -0.1) is 0 Å². The molecule has 0 aliphatic carbocycles. The second-order valence-electron chi connectivity index (χ2n) is 5.45. The van der Waals surface area contributed by atoms with E-state index in [1.54, 1.807) is 17.3 Å². The molecule has 2 aromatic heterocycles. The molecule has 0 bridgehead atoms. The zero-order valence-electron chi connectivity index (χ0n) is 14.1. The van der Waals surface area contributed by atoms with Crippen molar-refractivity contribution in [2.45, 2.75) is 19.9 Å². The highest BCUT2D eigenvalue weighted by Gasteiger charge is 2.21. The van der Waals surface area contributed by atoms with Gasteiger partial charge in [0.25, 0.3) is 0 Å². The van der Waals surface area contributed by atoms with Crippen LogP contribution >= 0.6 is 11.5 Å². The molecule has 0 unspecified atom stereocenters. The Morgan fingerprint density at radius 3 is 2.79 bits per heavy atom. The number of piperazine rings is 1. The Labute approximate surface area is 145 Å². The van der Waals surface area contributed by atoms with Crippen LogP contribution in [-0.4, -0.2) is 74.8 Å². The van der Waals surface area contributed by atoms with E-state index >= 15 is 0 Å². The van der Waals surface area contributed by atoms with E-state index in [4.69, 9.17) is 0 Å². The van der Waals surface area contributed by atoms with Gasteiger partial charge in [-0.05, 0) is 0 Å². The van der Waals surface area contributed by atoms with Crippen LogP contribution in [0.3, 0.4) is 0 Å². The zero-order chi connectivity index (χ0) is 16.8. The zero-order valence-corrected chi connectivity index (χ0v) is 14.9. The number of aryl methyl sites for hydroxylation is 1. The summed E-state index contributed by atoms with van der Waals surface area (Å²) >= 11 is 1.49. The summed E-state index contributed by atoms with van der Waals surface area (Å²) in [6, 6.07) is 0. The van der Waals surface area contributed by atoms with Gasteiger partial charge in [-0.3, -0.25) is 9.67 Å². The molecular formula is C14H23N9S. The molecule has 10 heteroatoms. The molecule has 0 radical (unpaired) electrons. The van der Waals surface area contributed by atoms with Gasteiger partial charge in [-0.2, -0.15) is 9.47 Å². The molecule has 1 aliphatic heterocycles. The number of guanidine groups is 1. The number of nitrogens with zero attached hydrogens (tertiary/aromatic N) is 8. The van der Waals surface area contributed by atoms with Crippen LogP contribution in [0.4, 0.5) is 5.13 Å². The minimum atomic E-state index is 0.767. The molecule has 0 amide bonds. The standard InChI is InChI=1S/C14H23N9S/c1-3-12-19-14(24-20-12)22-8-6-21(7-9-22)13(15-2)17-4-5-23-11-16-10-18-23/h10-11H,3-9H2,1-2H3,(H,15,17). The average Bonchev–Trinajstić information content (AvgIpc) is 3.30. The van der Waals surface area contributed by atoms with Crippen LogP contribution in [0.25, 0.3) is 0 Å². The Morgan fingerprint density at radius 1 is 1.33 bits per heavy atom. The molecule has 3 heterocycles. The third-order valence-corrected chi connectivity index (χ3v) is 4.74. The molecule has 1 aliphatic rings. The molecule has 0 spiro atoms. The highest BCUT2D eigenvalue weighted by Crippen LogP contribution is 2.19. The lowest BCUT2D eigenvalue weighted by Crippen LogP contribution is -2.53. The van der Waals surface area contributed by atoms with Crippen LogP contribution in [0.1, 0.15) is 12.7 Å². The number of hydrogen-bond donors (Lipinski definition) is 1. The highest BCUT2D eigenvalue weighted by atomic mass is 32.1. The number of rotatable bonds is 5. The van der Waals surface area contributed by atoms with Crippen molar-refractivity contribution in [3.05, 3.63) is 18.5 Å². The summed E-state index contributed by atoms with van der Waals surface area (Å²) in [7, 11) is 1.82. The first-order chi connectivity index (χ1) is 11.8. The Morgan fingerprint density at radius 2 is 2.17 bits per heavy atom. The van der Waals surface area contributed by atoms with Crippen LogP contribution < -0.4 is 10.2 Å². The van der Waals surface area contributed by atoms with Gasteiger partial charge in [0.2, 0.25) is 5.13 Å². The maximum Gasteiger partial charge on any atom is 0.205 e. The van der Waals surface area contributed by atoms with Gasteiger partial charge in [0.05, 0.1) is 6.54 Å². The fourth-order valence-corrected chi connectivity index (χ4v) is 3.39. The number of anilines is 1. The molecule has 9 nitrogen and oxygen atoms in total. The monoisotopic (exact) mass is 349 g/mol. The molecular weight excluding hydrogens is 326 g/mol. The number of aliphatic imine (C=N–C) groups is 1. The molecule has 2 aromatic rings. The Bertz CT molecular complexity index is 643. The second kappa shape index (κ2) is 8.04. The minimum Gasteiger partial charge on any atom is -0.354 e. The fourth-order valence-electron chi connectivity index (χ4n) is 2.59. The lowest BCUT2D eigenvalue weighted by Gasteiger charge is -2.36. The van der Waals surface area contributed by atoms with E-state index in [0.29, 0.717) is 0 Å². The van der Waals surface area contributed by atoms with Crippen molar-refractivity contribution >= 4 is 22.6 Å². The van der Waals surface area contributed by atoms with Gasteiger partial charge in [-0.25, -0.2) is 9.97 Å². The Kier molecular flexibility index (Phi) is 5.57. The molecule has 130 valence electrons. The van der Waals surface area contributed by atoms with Crippen LogP contribution in [-0.2, 0) is 13.0 Å². The molecule has 0 aromatic carbocycles. The second-order valence-corrected chi connectivity index (χ2v) is 6.18. The van der Waals surface area contributed by atoms with Gasteiger partial charge in [0.15, 0.2) is 5.96 Å². The van der Waals surface area contributed by atoms with E-state index in [2.05, 4.69) is 46.5 Å². The van der Waals surface area contributed by atoms with E-state index in [0.717, 1.165) is 62.6 Å². The molecule has 0 atom stereocenters. The van der Waals surface area contributed by atoms with Crippen LogP contribution in [0, 0.1) is 0 Å². The fraction of sp³-hybridized carbons (Fsp3) is 0.643. The van der Waals surface area contributed by atoms with Crippen molar-refractivity contribution < 1.29 is 0 Å². The van der Waals surface area contributed by atoms with Gasteiger partial charge >= 0.3 is 0 Å². The van der Waals surface area contributed by atoms with Crippen molar-refractivity contribution in [1.29, 1.82) is 0 Å². The van der Waals surface area contributed by atoms with E-state index in [1.807, 2.05) is 7.05 Å². The van der Waals surface area contributed by atoms with Gasteiger partial charge in [0, 0.05) is 57.7 Å². The maximum absolute atomic E-state index is 4.57. The maximum atomic E-state index is 4.57. The summed E-state index contributed by atoms with van der Waals surface area (Å²) in [5, 5.41) is 8.51.